The Balaban J connectivity index is 2.07. The fraction of sp³-hybridized carbons (Fsp3) is 0.250. The van der Waals surface area contributed by atoms with Crippen molar-refractivity contribution in [3.63, 3.8) is 0 Å². The van der Waals surface area contributed by atoms with E-state index in [2.05, 4.69) is 0 Å². The summed E-state index contributed by atoms with van der Waals surface area (Å²) < 4.78 is 5.59. The summed E-state index contributed by atoms with van der Waals surface area (Å²) in [5.41, 5.74) is 0.843. The minimum Gasteiger partial charge on any atom is -0.490 e. The van der Waals surface area contributed by atoms with Crippen molar-refractivity contribution < 1.29 is 14.6 Å². The highest BCUT2D eigenvalue weighted by Crippen LogP contribution is 2.27. The minimum atomic E-state index is -0.941. The molecule has 78 valence electrons. The quantitative estimate of drug-likeness (QED) is 0.765. The molecule has 15 heavy (non-hydrogen) atoms. The molecule has 3 heteroatoms. The Morgan fingerprint density at radius 3 is 2.93 bits per heavy atom. The van der Waals surface area contributed by atoms with Gasteiger partial charge in [-0.15, -0.1) is 0 Å². The lowest BCUT2D eigenvalue weighted by Gasteiger charge is -2.04. The Labute approximate surface area is 88.0 Å². The van der Waals surface area contributed by atoms with E-state index in [1.807, 2.05) is 24.3 Å². The molecule has 1 aromatic carbocycles. The van der Waals surface area contributed by atoms with Crippen molar-refractivity contribution in [2.24, 2.45) is 0 Å². The van der Waals surface area contributed by atoms with Crippen molar-refractivity contribution in [2.75, 3.05) is 0 Å². The zero-order chi connectivity index (χ0) is 10.7. The average Bonchev–Trinajstić information content (AvgIpc) is 2.99. The van der Waals surface area contributed by atoms with Gasteiger partial charge in [0, 0.05) is 6.08 Å². The molecular formula is C12H12O3. The maximum Gasteiger partial charge on any atom is 0.328 e. The fourth-order valence-corrected chi connectivity index (χ4v) is 1.24. The summed E-state index contributed by atoms with van der Waals surface area (Å²) in [6.45, 7) is 0. The molecule has 0 spiro atoms. The predicted molar refractivity (Wildman–Crippen MR) is 56.8 cm³/mol. The van der Waals surface area contributed by atoms with E-state index in [9.17, 15) is 4.79 Å². The third-order valence-electron chi connectivity index (χ3n) is 2.10. The van der Waals surface area contributed by atoms with Crippen molar-refractivity contribution in [1.82, 2.24) is 0 Å². The lowest BCUT2D eigenvalue weighted by molar-refractivity contribution is -0.131. The van der Waals surface area contributed by atoms with E-state index in [1.165, 1.54) is 0 Å². The Bertz CT molecular complexity index is 392. The van der Waals surface area contributed by atoms with Crippen LogP contribution in [0.2, 0.25) is 0 Å². The molecule has 0 bridgehead atoms. The van der Waals surface area contributed by atoms with Crippen molar-refractivity contribution in [3.05, 3.63) is 35.9 Å². The van der Waals surface area contributed by atoms with Crippen molar-refractivity contribution in [1.29, 1.82) is 0 Å². The average molecular weight is 204 g/mol. The largest absolute Gasteiger partial charge is 0.490 e. The summed E-state index contributed by atoms with van der Waals surface area (Å²) in [4.78, 5) is 10.3. The summed E-state index contributed by atoms with van der Waals surface area (Å²) in [5, 5.41) is 8.48. The molecular weight excluding hydrogens is 192 g/mol. The number of ether oxygens (including phenoxy) is 1. The molecule has 0 atom stereocenters. The molecule has 0 amide bonds. The normalized spacial score (nSPS) is 15.5. The van der Waals surface area contributed by atoms with Gasteiger partial charge in [-0.1, -0.05) is 12.1 Å². The van der Waals surface area contributed by atoms with Crippen LogP contribution in [0.1, 0.15) is 18.4 Å². The van der Waals surface area contributed by atoms with Gasteiger partial charge in [0.15, 0.2) is 0 Å². The van der Waals surface area contributed by atoms with E-state index < -0.39 is 5.97 Å². The number of hydrogen-bond acceptors (Lipinski definition) is 2. The highest BCUT2D eigenvalue weighted by Gasteiger charge is 2.23. The number of carboxylic acids is 1. The van der Waals surface area contributed by atoms with Crippen LogP contribution in [0.4, 0.5) is 0 Å². The number of aliphatic carboxylic acids is 1. The van der Waals surface area contributed by atoms with Gasteiger partial charge in [-0.3, -0.25) is 0 Å². The zero-order valence-corrected chi connectivity index (χ0v) is 8.22. The van der Waals surface area contributed by atoms with Crippen molar-refractivity contribution >= 4 is 12.0 Å². The first-order valence-electron chi connectivity index (χ1n) is 4.92. The van der Waals surface area contributed by atoms with Crippen molar-refractivity contribution in [2.45, 2.75) is 18.9 Å². The Kier molecular flexibility index (Phi) is 2.72. The smallest absolute Gasteiger partial charge is 0.328 e. The number of benzene rings is 1. The molecule has 0 heterocycles. The van der Waals surface area contributed by atoms with Gasteiger partial charge in [-0.05, 0) is 36.6 Å². The summed E-state index contributed by atoms with van der Waals surface area (Å²) in [7, 11) is 0. The second kappa shape index (κ2) is 4.17. The number of rotatable bonds is 4. The molecule has 0 aliphatic heterocycles. The highest BCUT2D eigenvalue weighted by molar-refractivity contribution is 5.85. The van der Waals surface area contributed by atoms with Gasteiger partial charge in [-0.2, -0.15) is 0 Å². The van der Waals surface area contributed by atoms with Gasteiger partial charge < -0.3 is 9.84 Å². The van der Waals surface area contributed by atoms with Crippen LogP contribution in [-0.2, 0) is 4.79 Å². The van der Waals surface area contributed by atoms with Gasteiger partial charge in [0.25, 0.3) is 0 Å². The maximum atomic E-state index is 10.3. The molecule has 0 saturated heterocycles. The third kappa shape index (κ3) is 3.13. The monoisotopic (exact) mass is 204 g/mol. The van der Waals surface area contributed by atoms with Crippen molar-refractivity contribution in [3.8, 4) is 5.75 Å². The molecule has 2 rings (SSSR count). The van der Waals surface area contributed by atoms with E-state index in [0.717, 1.165) is 30.2 Å². The van der Waals surface area contributed by atoms with Crippen LogP contribution < -0.4 is 4.74 Å². The van der Waals surface area contributed by atoms with Gasteiger partial charge in [0.05, 0.1) is 6.10 Å². The summed E-state index contributed by atoms with van der Waals surface area (Å²) in [6, 6.07) is 7.44. The van der Waals surface area contributed by atoms with Gasteiger partial charge in [0.2, 0.25) is 0 Å². The molecule has 1 aromatic rings. The topological polar surface area (TPSA) is 46.5 Å². The van der Waals surface area contributed by atoms with Gasteiger partial charge in [0.1, 0.15) is 5.75 Å². The molecule has 1 saturated carbocycles. The molecule has 0 aromatic heterocycles. The highest BCUT2D eigenvalue weighted by atomic mass is 16.5. The molecule has 0 unspecified atom stereocenters. The minimum absolute atomic E-state index is 0.365. The second-order valence-electron chi connectivity index (χ2n) is 3.56. The molecule has 3 nitrogen and oxygen atoms in total. The summed E-state index contributed by atoms with van der Waals surface area (Å²) in [5.74, 6) is -0.131. The Morgan fingerprint density at radius 2 is 2.27 bits per heavy atom. The SMILES string of the molecule is O=C(O)/C=C/c1cccc(OC2CC2)c1. The van der Waals surface area contributed by atoms with Crippen LogP contribution in [-0.4, -0.2) is 17.2 Å². The summed E-state index contributed by atoms with van der Waals surface area (Å²) in [6.07, 6.45) is 5.28. The zero-order valence-electron chi connectivity index (χ0n) is 8.22. The van der Waals surface area contributed by atoms with E-state index in [-0.39, 0.29) is 0 Å². The molecule has 0 radical (unpaired) electrons. The molecule has 1 N–H and O–H groups in total. The first-order chi connectivity index (χ1) is 7.24. The van der Waals surface area contributed by atoms with Gasteiger partial charge >= 0.3 is 5.97 Å². The molecule has 1 aliphatic rings. The first-order valence-corrected chi connectivity index (χ1v) is 4.92. The standard InChI is InChI=1S/C12H12O3/c13-12(14)7-4-9-2-1-3-11(8-9)15-10-5-6-10/h1-4,7-8,10H,5-6H2,(H,13,14)/b7-4+. The second-order valence-corrected chi connectivity index (χ2v) is 3.56. The number of carbonyl (C=O) groups is 1. The van der Waals surface area contributed by atoms with Crippen LogP contribution in [0, 0.1) is 0 Å². The first kappa shape index (κ1) is 9.77. The van der Waals surface area contributed by atoms with E-state index >= 15 is 0 Å². The third-order valence-corrected chi connectivity index (χ3v) is 2.10. The molecule has 1 fully saturated rings. The number of carboxylic acid groups (broad SMARTS) is 1. The van der Waals surface area contributed by atoms with E-state index in [1.54, 1.807) is 6.08 Å². The van der Waals surface area contributed by atoms with Crippen LogP contribution >= 0.6 is 0 Å². The van der Waals surface area contributed by atoms with Gasteiger partial charge in [-0.25, -0.2) is 4.79 Å². The number of hydrogen-bond donors (Lipinski definition) is 1. The van der Waals surface area contributed by atoms with Crippen LogP contribution in [0.15, 0.2) is 30.3 Å². The Morgan fingerprint density at radius 1 is 1.47 bits per heavy atom. The molecule has 1 aliphatic carbocycles. The van der Waals surface area contributed by atoms with E-state index in [0.29, 0.717) is 6.10 Å². The Hall–Kier alpha value is -1.77. The predicted octanol–water partition coefficient (Wildman–Crippen LogP) is 2.33. The fourth-order valence-electron chi connectivity index (χ4n) is 1.24. The maximum absolute atomic E-state index is 10.3. The lowest BCUT2D eigenvalue weighted by Crippen LogP contribution is -1.95. The van der Waals surface area contributed by atoms with Crippen LogP contribution in [0.3, 0.4) is 0 Å². The van der Waals surface area contributed by atoms with Crippen LogP contribution in [0.25, 0.3) is 6.08 Å². The van der Waals surface area contributed by atoms with E-state index in [4.69, 9.17) is 9.84 Å². The van der Waals surface area contributed by atoms with Crippen LogP contribution in [0.5, 0.6) is 5.75 Å². The lowest BCUT2D eigenvalue weighted by atomic mass is 10.2. The summed E-state index contributed by atoms with van der Waals surface area (Å²) >= 11 is 0.